The van der Waals surface area contributed by atoms with E-state index in [1.165, 1.54) is 0 Å². The number of ether oxygens (including phenoxy) is 2. The molecule has 0 aromatic heterocycles. The number of ketones is 1. The monoisotopic (exact) mass is 358 g/mol. The van der Waals surface area contributed by atoms with Crippen molar-refractivity contribution < 1.29 is 24.5 Å². The molecule has 2 spiro atoms. The van der Waals surface area contributed by atoms with Crippen molar-refractivity contribution in [1.29, 1.82) is 0 Å². The van der Waals surface area contributed by atoms with Crippen molar-refractivity contribution in [3.8, 4) is 0 Å². The Kier molecular flexibility index (Phi) is 2.18. The van der Waals surface area contributed by atoms with Gasteiger partial charge >= 0.3 is 0 Å². The highest BCUT2D eigenvalue weighted by atomic mass is 16.7. The minimum atomic E-state index is -1.75. The van der Waals surface area contributed by atoms with E-state index in [4.69, 9.17) is 9.47 Å². The van der Waals surface area contributed by atoms with Crippen LogP contribution in [0.15, 0.2) is 12.2 Å². The zero-order valence-electron chi connectivity index (χ0n) is 15.3. The summed E-state index contributed by atoms with van der Waals surface area (Å²) in [5, 5.41) is 23.2. The Balaban J connectivity index is 1.49. The first kappa shape index (κ1) is 15.2. The fourth-order valence-corrected chi connectivity index (χ4v) is 9.38. The third-order valence-electron chi connectivity index (χ3n) is 9.96. The molecule has 0 amide bonds. The van der Waals surface area contributed by atoms with Crippen LogP contribution in [-0.4, -0.2) is 46.7 Å². The summed E-state index contributed by atoms with van der Waals surface area (Å²) in [5.41, 5.74) is -0.399. The van der Waals surface area contributed by atoms with Gasteiger partial charge in [-0.2, -0.15) is 0 Å². The van der Waals surface area contributed by atoms with Crippen LogP contribution in [0.1, 0.15) is 33.1 Å². The van der Waals surface area contributed by atoms with E-state index in [9.17, 15) is 15.0 Å². The Labute approximate surface area is 152 Å². The molecule has 3 aliphatic heterocycles. The number of hydrogen-bond donors (Lipinski definition) is 2. The molecule has 3 heterocycles. The van der Waals surface area contributed by atoms with Crippen molar-refractivity contribution in [3.05, 3.63) is 12.2 Å². The molecule has 3 saturated heterocycles. The van der Waals surface area contributed by atoms with E-state index in [1.54, 1.807) is 0 Å². The Morgan fingerprint density at radius 2 is 2.04 bits per heavy atom. The third-order valence-corrected chi connectivity index (χ3v) is 9.96. The molecule has 140 valence electrons. The average Bonchev–Trinajstić information content (AvgIpc) is 3.33. The molecule has 11 atom stereocenters. The largest absolute Gasteiger partial charge is 0.387 e. The average molecular weight is 358 g/mol. The Morgan fingerprint density at radius 3 is 2.81 bits per heavy atom. The highest BCUT2D eigenvalue weighted by Gasteiger charge is 2.93. The zero-order chi connectivity index (χ0) is 18.0. The molecule has 26 heavy (non-hydrogen) atoms. The van der Waals surface area contributed by atoms with Crippen molar-refractivity contribution in [3.63, 3.8) is 0 Å². The lowest BCUT2D eigenvalue weighted by Gasteiger charge is -2.82. The zero-order valence-corrected chi connectivity index (χ0v) is 15.3. The van der Waals surface area contributed by atoms with Gasteiger partial charge in [-0.25, -0.2) is 0 Å². The van der Waals surface area contributed by atoms with Crippen molar-refractivity contribution in [2.45, 2.75) is 57.2 Å². The normalized spacial score (nSPS) is 68.0. The second-order valence-corrected chi connectivity index (χ2v) is 10.9. The molecule has 5 nitrogen and oxygen atoms in total. The van der Waals surface area contributed by atoms with E-state index in [2.05, 4.69) is 20.4 Å². The van der Waals surface area contributed by atoms with Gasteiger partial charge in [0, 0.05) is 17.3 Å². The second kappa shape index (κ2) is 3.73. The first-order chi connectivity index (χ1) is 12.2. The van der Waals surface area contributed by atoms with Crippen molar-refractivity contribution in [2.24, 2.45) is 45.8 Å². The van der Waals surface area contributed by atoms with E-state index >= 15 is 0 Å². The number of aliphatic hydroxyl groups excluding tert-OH is 1. The molecule has 5 heteroatoms. The van der Waals surface area contributed by atoms with Crippen LogP contribution >= 0.6 is 0 Å². The number of carbonyl (C=O) groups excluding carboxylic acids is 1. The number of hydrogen-bond acceptors (Lipinski definition) is 5. The van der Waals surface area contributed by atoms with Crippen LogP contribution < -0.4 is 0 Å². The summed E-state index contributed by atoms with van der Waals surface area (Å²) >= 11 is 0. The quantitative estimate of drug-likeness (QED) is 0.504. The standard InChI is InChI=1S/C21H26O5/c1-8-9-4-5-11-19-7-25-21(24,20(11)13(9)12(8)15(20)22)16(23)14(19)18(2,3)6-10-17(19)26-10/h9-14,16-17,23-24H,1,4-7H2,2-3H3/t9-,10+,11-,12?,13-,14+,16-,17+,19-,20+,21+/m0/s1. The Morgan fingerprint density at radius 1 is 1.27 bits per heavy atom. The molecule has 8 rings (SSSR count). The number of Topliss-reactive ketones (excluding diaryl/α,β-unsaturated/α-hetero) is 1. The van der Waals surface area contributed by atoms with Crippen LogP contribution in [0.2, 0.25) is 0 Å². The number of epoxide rings is 1. The van der Waals surface area contributed by atoms with Crippen LogP contribution in [0, 0.1) is 45.8 Å². The van der Waals surface area contributed by atoms with Crippen LogP contribution in [0.5, 0.6) is 0 Å². The third kappa shape index (κ3) is 1.08. The lowest BCUT2D eigenvalue weighted by molar-refractivity contribution is -0.465. The summed E-state index contributed by atoms with van der Waals surface area (Å²) in [5.74, 6) is -1.44. The van der Waals surface area contributed by atoms with E-state index in [-0.39, 0.29) is 52.5 Å². The van der Waals surface area contributed by atoms with Crippen LogP contribution in [0.25, 0.3) is 0 Å². The molecule has 2 N–H and O–H groups in total. The van der Waals surface area contributed by atoms with Gasteiger partial charge in [0.15, 0.2) is 5.78 Å². The van der Waals surface area contributed by atoms with E-state index in [1.807, 2.05) is 0 Å². The summed E-state index contributed by atoms with van der Waals surface area (Å²) in [6.45, 7) is 8.91. The van der Waals surface area contributed by atoms with Crippen LogP contribution in [0.3, 0.4) is 0 Å². The molecule has 0 aromatic rings. The van der Waals surface area contributed by atoms with Gasteiger partial charge in [0.05, 0.1) is 24.2 Å². The van der Waals surface area contributed by atoms with Gasteiger partial charge in [0.25, 0.3) is 0 Å². The summed E-state index contributed by atoms with van der Waals surface area (Å²) in [6, 6.07) is 0. The predicted molar refractivity (Wildman–Crippen MR) is 89.7 cm³/mol. The topological polar surface area (TPSA) is 79.3 Å². The summed E-state index contributed by atoms with van der Waals surface area (Å²) in [4.78, 5) is 13.4. The van der Waals surface area contributed by atoms with Gasteiger partial charge in [-0.05, 0) is 42.4 Å². The number of fused-ring (bicyclic) bond motifs is 2. The fraction of sp³-hybridized carbons (Fsp3) is 0.857. The highest BCUT2D eigenvalue weighted by molar-refractivity contribution is 6.01. The molecule has 5 aliphatic carbocycles. The minimum absolute atomic E-state index is 0.0508. The maximum Gasteiger partial charge on any atom is 0.205 e. The van der Waals surface area contributed by atoms with Crippen molar-refractivity contribution >= 4 is 5.78 Å². The molecule has 5 saturated carbocycles. The number of aliphatic hydroxyl groups is 2. The lowest BCUT2D eigenvalue weighted by Crippen LogP contribution is -2.91. The number of allylic oxidation sites excluding steroid dienone is 1. The van der Waals surface area contributed by atoms with Gasteiger partial charge in [0.2, 0.25) is 5.79 Å². The summed E-state index contributed by atoms with van der Waals surface area (Å²) in [7, 11) is 0. The van der Waals surface area contributed by atoms with Gasteiger partial charge < -0.3 is 19.7 Å². The number of carbonyl (C=O) groups is 1. The van der Waals surface area contributed by atoms with Gasteiger partial charge in [-0.3, -0.25) is 4.79 Å². The van der Waals surface area contributed by atoms with Gasteiger partial charge in [-0.15, -0.1) is 0 Å². The van der Waals surface area contributed by atoms with Crippen LogP contribution in [0.4, 0.5) is 0 Å². The fourth-order valence-electron chi connectivity index (χ4n) is 9.38. The maximum atomic E-state index is 13.4. The van der Waals surface area contributed by atoms with E-state index in [0.29, 0.717) is 12.5 Å². The summed E-state index contributed by atoms with van der Waals surface area (Å²) in [6.07, 6.45) is 2.07. The van der Waals surface area contributed by atoms with E-state index in [0.717, 1.165) is 24.8 Å². The lowest BCUT2D eigenvalue weighted by atomic mass is 9.23. The summed E-state index contributed by atoms with van der Waals surface area (Å²) < 4.78 is 12.2. The Bertz CT molecular complexity index is 804. The van der Waals surface area contributed by atoms with Crippen LogP contribution in [-0.2, 0) is 14.3 Å². The predicted octanol–water partition coefficient (Wildman–Crippen LogP) is 1.28. The van der Waals surface area contributed by atoms with E-state index < -0.39 is 17.3 Å². The van der Waals surface area contributed by atoms with Crippen molar-refractivity contribution in [2.75, 3.05) is 6.61 Å². The smallest absolute Gasteiger partial charge is 0.205 e. The first-order valence-electron chi connectivity index (χ1n) is 10.2. The molecule has 8 fully saturated rings. The second-order valence-electron chi connectivity index (χ2n) is 10.9. The van der Waals surface area contributed by atoms with Gasteiger partial charge in [0.1, 0.15) is 6.10 Å². The maximum absolute atomic E-state index is 13.4. The Hall–Kier alpha value is -0.750. The molecule has 0 aromatic carbocycles. The van der Waals surface area contributed by atoms with Gasteiger partial charge in [-0.1, -0.05) is 26.0 Å². The number of rotatable bonds is 0. The van der Waals surface area contributed by atoms with Crippen molar-refractivity contribution in [1.82, 2.24) is 0 Å². The molecular formula is C21H26O5. The highest BCUT2D eigenvalue weighted by Crippen LogP contribution is 2.84. The molecule has 1 unspecified atom stereocenters. The minimum Gasteiger partial charge on any atom is -0.387 e. The molecule has 0 radical (unpaired) electrons. The molecular weight excluding hydrogens is 332 g/mol. The SMILES string of the molecule is C=C1C2C(=O)[C@]34[C@H]2[C@H]1CC[C@H]3[C@@]12CO[C@]4(O)[C@@H](O)[C@@H]1C(C)(C)C[C@H]1O[C@H]12. The molecule has 8 aliphatic rings. The molecule has 2 bridgehead atoms. The first-order valence-corrected chi connectivity index (χ1v) is 10.2.